The van der Waals surface area contributed by atoms with Gasteiger partial charge < -0.3 is 0 Å². The molecular weight excluding hydrogens is 160 g/mol. The standard InChI is InChI=1S/C12H24O/c1-9(2)8-12(6,7)10(13)11(3,4)5/h9H,8H2,1-7H3. The molecule has 0 aliphatic rings. The van der Waals surface area contributed by atoms with Gasteiger partial charge in [-0.15, -0.1) is 0 Å². The zero-order chi connectivity index (χ0) is 10.9. The van der Waals surface area contributed by atoms with Crippen molar-refractivity contribution in [2.45, 2.75) is 54.9 Å². The van der Waals surface area contributed by atoms with Crippen LogP contribution in [0.1, 0.15) is 54.9 Å². The summed E-state index contributed by atoms with van der Waals surface area (Å²) in [4.78, 5) is 12.0. The van der Waals surface area contributed by atoms with E-state index in [0.29, 0.717) is 11.7 Å². The molecule has 0 radical (unpaired) electrons. The van der Waals surface area contributed by atoms with Gasteiger partial charge in [-0.25, -0.2) is 0 Å². The monoisotopic (exact) mass is 184 g/mol. The minimum atomic E-state index is -0.210. The van der Waals surface area contributed by atoms with Crippen molar-refractivity contribution in [2.24, 2.45) is 16.7 Å². The van der Waals surface area contributed by atoms with Gasteiger partial charge in [0.25, 0.3) is 0 Å². The van der Waals surface area contributed by atoms with Crippen LogP contribution in [-0.2, 0) is 4.79 Å². The van der Waals surface area contributed by atoms with E-state index >= 15 is 0 Å². The van der Waals surface area contributed by atoms with Crippen LogP contribution in [0, 0.1) is 16.7 Å². The highest BCUT2D eigenvalue weighted by Crippen LogP contribution is 2.34. The summed E-state index contributed by atoms with van der Waals surface area (Å²) in [7, 11) is 0. The molecule has 0 aromatic heterocycles. The summed E-state index contributed by atoms with van der Waals surface area (Å²) in [5, 5.41) is 0. The Kier molecular flexibility index (Phi) is 3.71. The van der Waals surface area contributed by atoms with Gasteiger partial charge in [-0.1, -0.05) is 48.5 Å². The summed E-state index contributed by atoms with van der Waals surface area (Å²) in [6.07, 6.45) is 0.975. The number of ketones is 1. The summed E-state index contributed by atoms with van der Waals surface area (Å²) in [5.41, 5.74) is -0.384. The van der Waals surface area contributed by atoms with Crippen LogP contribution in [0.3, 0.4) is 0 Å². The first-order valence-electron chi connectivity index (χ1n) is 5.12. The van der Waals surface area contributed by atoms with Gasteiger partial charge >= 0.3 is 0 Å². The Bertz CT molecular complexity index is 182. The van der Waals surface area contributed by atoms with E-state index in [0.717, 1.165) is 6.42 Å². The summed E-state index contributed by atoms with van der Waals surface area (Å²) in [5.74, 6) is 0.954. The van der Waals surface area contributed by atoms with Gasteiger partial charge in [0, 0.05) is 10.8 Å². The van der Waals surface area contributed by atoms with Crippen LogP contribution in [0.5, 0.6) is 0 Å². The first kappa shape index (κ1) is 12.7. The number of Topliss-reactive ketones (excluding diaryl/α,β-unsaturated/α-hetero) is 1. The van der Waals surface area contributed by atoms with Gasteiger partial charge in [0.15, 0.2) is 0 Å². The fourth-order valence-electron chi connectivity index (χ4n) is 2.13. The Morgan fingerprint density at radius 1 is 1.08 bits per heavy atom. The second-order valence-corrected chi connectivity index (χ2v) is 6.06. The lowest BCUT2D eigenvalue weighted by molar-refractivity contribution is -0.135. The van der Waals surface area contributed by atoms with E-state index < -0.39 is 0 Å². The normalized spacial score (nSPS) is 13.5. The fourth-order valence-corrected chi connectivity index (χ4v) is 2.13. The lowest BCUT2D eigenvalue weighted by Crippen LogP contribution is -2.35. The molecule has 0 spiro atoms. The highest BCUT2D eigenvalue weighted by atomic mass is 16.1. The molecule has 0 aromatic rings. The molecule has 0 saturated carbocycles. The van der Waals surface area contributed by atoms with Gasteiger partial charge in [0.1, 0.15) is 5.78 Å². The van der Waals surface area contributed by atoms with Crippen molar-refractivity contribution in [1.29, 1.82) is 0 Å². The number of rotatable bonds is 3. The van der Waals surface area contributed by atoms with Crippen molar-refractivity contribution < 1.29 is 4.79 Å². The lowest BCUT2D eigenvalue weighted by Gasteiger charge is -2.32. The van der Waals surface area contributed by atoms with Crippen LogP contribution in [-0.4, -0.2) is 5.78 Å². The molecule has 0 fully saturated rings. The predicted octanol–water partition coefficient (Wildman–Crippen LogP) is 3.67. The second-order valence-electron chi connectivity index (χ2n) is 6.06. The molecule has 0 amide bonds. The number of carbonyl (C=O) groups is 1. The molecule has 0 heterocycles. The van der Waals surface area contributed by atoms with Gasteiger partial charge in [-0.3, -0.25) is 4.79 Å². The van der Waals surface area contributed by atoms with Gasteiger partial charge in [-0.05, 0) is 12.3 Å². The van der Waals surface area contributed by atoms with Crippen molar-refractivity contribution >= 4 is 5.78 Å². The van der Waals surface area contributed by atoms with Gasteiger partial charge in [0.05, 0.1) is 0 Å². The van der Waals surface area contributed by atoms with Crippen molar-refractivity contribution in [3.8, 4) is 0 Å². The molecule has 0 aromatic carbocycles. The van der Waals surface area contributed by atoms with E-state index in [4.69, 9.17) is 0 Å². The second kappa shape index (κ2) is 3.81. The van der Waals surface area contributed by atoms with Crippen molar-refractivity contribution in [3.05, 3.63) is 0 Å². The first-order chi connectivity index (χ1) is 5.57. The maximum atomic E-state index is 12.0. The van der Waals surface area contributed by atoms with E-state index in [1.54, 1.807) is 0 Å². The topological polar surface area (TPSA) is 17.1 Å². The van der Waals surface area contributed by atoms with E-state index in [9.17, 15) is 4.79 Å². The Labute approximate surface area is 82.9 Å². The highest BCUT2D eigenvalue weighted by Gasteiger charge is 2.35. The molecule has 78 valence electrons. The van der Waals surface area contributed by atoms with E-state index in [1.165, 1.54) is 0 Å². The van der Waals surface area contributed by atoms with Gasteiger partial charge in [0.2, 0.25) is 0 Å². The smallest absolute Gasteiger partial charge is 0.143 e. The van der Waals surface area contributed by atoms with Crippen LogP contribution < -0.4 is 0 Å². The Balaban J connectivity index is 4.55. The van der Waals surface area contributed by atoms with Crippen molar-refractivity contribution in [2.75, 3.05) is 0 Å². The average molecular weight is 184 g/mol. The maximum absolute atomic E-state index is 12.0. The maximum Gasteiger partial charge on any atom is 0.143 e. The Hall–Kier alpha value is -0.330. The Morgan fingerprint density at radius 3 is 1.69 bits per heavy atom. The van der Waals surface area contributed by atoms with Gasteiger partial charge in [-0.2, -0.15) is 0 Å². The zero-order valence-corrected chi connectivity index (χ0v) is 10.2. The third-order valence-corrected chi connectivity index (χ3v) is 2.21. The zero-order valence-electron chi connectivity index (χ0n) is 10.2. The third-order valence-electron chi connectivity index (χ3n) is 2.21. The summed E-state index contributed by atoms with van der Waals surface area (Å²) in [6.45, 7) is 14.4. The third kappa shape index (κ3) is 3.93. The lowest BCUT2D eigenvalue weighted by atomic mass is 9.71. The Morgan fingerprint density at radius 2 is 1.46 bits per heavy atom. The molecule has 13 heavy (non-hydrogen) atoms. The molecule has 0 N–H and O–H groups in total. The largest absolute Gasteiger partial charge is 0.299 e. The quantitative estimate of drug-likeness (QED) is 0.654. The molecule has 0 unspecified atom stereocenters. The molecule has 1 heteroatoms. The van der Waals surface area contributed by atoms with Crippen LogP contribution in [0.2, 0.25) is 0 Å². The first-order valence-corrected chi connectivity index (χ1v) is 5.12. The molecule has 0 aliphatic carbocycles. The van der Waals surface area contributed by atoms with Crippen LogP contribution in [0.4, 0.5) is 0 Å². The minimum Gasteiger partial charge on any atom is -0.299 e. The molecular formula is C12H24O. The molecule has 0 bridgehead atoms. The summed E-state index contributed by atoms with van der Waals surface area (Å²) in [6, 6.07) is 0. The van der Waals surface area contributed by atoms with E-state index in [1.807, 2.05) is 20.8 Å². The van der Waals surface area contributed by atoms with E-state index in [2.05, 4.69) is 27.7 Å². The highest BCUT2D eigenvalue weighted by molar-refractivity contribution is 5.88. The molecule has 0 aliphatic heterocycles. The number of hydrogen-bond acceptors (Lipinski definition) is 1. The number of hydrogen-bond donors (Lipinski definition) is 0. The van der Waals surface area contributed by atoms with E-state index in [-0.39, 0.29) is 10.8 Å². The SMILES string of the molecule is CC(C)CC(C)(C)C(=O)C(C)(C)C. The molecule has 1 nitrogen and oxygen atoms in total. The minimum absolute atomic E-state index is 0.174. The van der Waals surface area contributed by atoms with Crippen molar-refractivity contribution in [1.82, 2.24) is 0 Å². The molecule has 0 atom stereocenters. The molecule has 0 saturated heterocycles. The van der Waals surface area contributed by atoms with Crippen LogP contribution in [0.15, 0.2) is 0 Å². The summed E-state index contributed by atoms with van der Waals surface area (Å²) < 4.78 is 0. The van der Waals surface area contributed by atoms with Crippen LogP contribution >= 0.6 is 0 Å². The fraction of sp³-hybridized carbons (Fsp3) is 0.917. The average Bonchev–Trinajstić information content (AvgIpc) is 1.80. The summed E-state index contributed by atoms with van der Waals surface area (Å²) >= 11 is 0. The van der Waals surface area contributed by atoms with Crippen LogP contribution in [0.25, 0.3) is 0 Å². The molecule has 0 rings (SSSR count). The predicted molar refractivity (Wildman–Crippen MR) is 57.7 cm³/mol. The van der Waals surface area contributed by atoms with Crippen molar-refractivity contribution in [3.63, 3.8) is 0 Å². The number of carbonyl (C=O) groups excluding carboxylic acids is 1.